The Bertz CT molecular complexity index is 1110. The average Bonchev–Trinajstić information content (AvgIpc) is 3.14. The van der Waals surface area contributed by atoms with Crippen molar-refractivity contribution in [2.24, 2.45) is 5.92 Å². The molecule has 2 heterocycles. The summed E-state index contributed by atoms with van der Waals surface area (Å²) >= 11 is 0. The van der Waals surface area contributed by atoms with E-state index in [-0.39, 0.29) is 22.6 Å². The number of hydrogen-bond donors (Lipinski definition) is 1. The highest BCUT2D eigenvalue weighted by atomic mass is 32.2. The van der Waals surface area contributed by atoms with Gasteiger partial charge in [-0.1, -0.05) is 31.0 Å². The van der Waals surface area contributed by atoms with Gasteiger partial charge < -0.3 is 9.80 Å². The Labute approximate surface area is 202 Å². The number of likely N-dealkylation sites (tertiary alicyclic amines) is 2. The number of sulfonamides is 1. The third-order valence-corrected chi connectivity index (χ3v) is 8.23. The Hall–Kier alpha value is -2.87. The van der Waals surface area contributed by atoms with E-state index in [1.54, 1.807) is 29.2 Å². The van der Waals surface area contributed by atoms with Gasteiger partial charge in [0.1, 0.15) is 0 Å². The SMILES string of the molecule is Cc1ccccc1NS(=O)(=O)c1ccc(C(=O)N2CCC(C(=O)N3CCCCCC3)CC2)cc1. The molecule has 0 atom stereocenters. The number of rotatable bonds is 5. The van der Waals surface area contributed by atoms with Gasteiger partial charge in [-0.3, -0.25) is 14.3 Å². The summed E-state index contributed by atoms with van der Waals surface area (Å²) in [6, 6.07) is 13.2. The van der Waals surface area contributed by atoms with Crippen molar-refractivity contribution in [3.63, 3.8) is 0 Å². The van der Waals surface area contributed by atoms with Crippen molar-refractivity contribution >= 4 is 27.5 Å². The van der Waals surface area contributed by atoms with Gasteiger partial charge >= 0.3 is 0 Å². The lowest BCUT2D eigenvalue weighted by Gasteiger charge is -2.34. The molecule has 0 aliphatic carbocycles. The van der Waals surface area contributed by atoms with Crippen molar-refractivity contribution in [2.75, 3.05) is 30.9 Å². The van der Waals surface area contributed by atoms with Crippen molar-refractivity contribution in [3.8, 4) is 0 Å². The van der Waals surface area contributed by atoms with Crippen LogP contribution in [0.3, 0.4) is 0 Å². The first-order valence-electron chi connectivity index (χ1n) is 12.1. The van der Waals surface area contributed by atoms with Crippen LogP contribution in [0, 0.1) is 12.8 Å². The van der Waals surface area contributed by atoms with E-state index in [0.717, 1.165) is 31.5 Å². The van der Waals surface area contributed by atoms with Crippen LogP contribution in [0.25, 0.3) is 0 Å². The fourth-order valence-corrected chi connectivity index (χ4v) is 5.86. The summed E-state index contributed by atoms with van der Waals surface area (Å²) in [5.74, 6) is 0.100. The molecule has 34 heavy (non-hydrogen) atoms. The predicted molar refractivity (Wildman–Crippen MR) is 132 cm³/mol. The fraction of sp³-hybridized carbons (Fsp3) is 0.462. The topological polar surface area (TPSA) is 86.8 Å². The molecule has 2 aliphatic rings. The Balaban J connectivity index is 1.35. The molecule has 0 aromatic heterocycles. The second kappa shape index (κ2) is 10.6. The Kier molecular flexibility index (Phi) is 7.56. The zero-order chi connectivity index (χ0) is 24.1. The zero-order valence-corrected chi connectivity index (χ0v) is 20.5. The number of nitrogens with one attached hydrogen (secondary N) is 1. The molecule has 0 unspecified atom stereocenters. The minimum Gasteiger partial charge on any atom is -0.342 e. The molecular weight excluding hydrogens is 450 g/mol. The quantitative estimate of drug-likeness (QED) is 0.695. The van der Waals surface area contributed by atoms with Crippen LogP contribution in [-0.2, 0) is 14.8 Å². The number of aryl methyl sites for hydroxylation is 1. The summed E-state index contributed by atoms with van der Waals surface area (Å²) in [5, 5.41) is 0. The van der Waals surface area contributed by atoms with Gasteiger partial charge in [0.25, 0.3) is 15.9 Å². The second-order valence-electron chi connectivity index (χ2n) is 9.25. The molecule has 2 aromatic carbocycles. The van der Waals surface area contributed by atoms with Crippen molar-refractivity contribution in [1.29, 1.82) is 0 Å². The van der Waals surface area contributed by atoms with Gasteiger partial charge in [-0.15, -0.1) is 0 Å². The van der Waals surface area contributed by atoms with E-state index in [1.807, 2.05) is 24.0 Å². The monoisotopic (exact) mass is 483 g/mol. The largest absolute Gasteiger partial charge is 0.342 e. The summed E-state index contributed by atoms with van der Waals surface area (Å²) < 4.78 is 28.1. The molecule has 2 aromatic rings. The maximum atomic E-state index is 13.0. The molecule has 7 nitrogen and oxygen atoms in total. The van der Waals surface area contributed by atoms with Crippen molar-refractivity contribution in [3.05, 3.63) is 59.7 Å². The number of hydrogen-bond acceptors (Lipinski definition) is 4. The van der Waals surface area contributed by atoms with Gasteiger partial charge in [-0.05, 0) is 68.5 Å². The number of piperidine rings is 1. The highest BCUT2D eigenvalue weighted by molar-refractivity contribution is 7.92. The van der Waals surface area contributed by atoms with Crippen molar-refractivity contribution in [2.45, 2.75) is 50.3 Å². The first-order valence-corrected chi connectivity index (χ1v) is 13.6. The maximum absolute atomic E-state index is 13.0. The Morgan fingerprint density at radius 2 is 1.44 bits per heavy atom. The minimum atomic E-state index is -3.75. The molecular formula is C26H33N3O4S. The van der Waals surface area contributed by atoms with E-state index >= 15 is 0 Å². The summed E-state index contributed by atoms with van der Waals surface area (Å²) in [6.07, 6.45) is 5.89. The third kappa shape index (κ3) is 5.60. The Morgan fingerprint density at radius 1 is 0.824 bits per heavy atom. The zero-order valence-electron chi connectivity index (χ0n) is 19.7. The second-order valence-corrected chi connectivity index (χ2v) is 10.9. The molecule has 1 N–H and O–H groups in total. The molecule has 0 radical (unpaired) electrons. The molecule has 8 heteroatoms. The van der Waals surface area contributed by atoms with Gasteiger partial charge in [0, 0.05) is 37.7 Å². The number of carbonyl (C=O) groups is 2. The van der Waals surface area contributed by atoms with Crippen LogP contribution in [0.5, 0.6) is 0 Å². The standard InChI is InChI=1S/C26H33N3O4S/c1-20-8-4-5-9-24(20)27-34(32,33)23-12-10-21(11-13-23)25(30)29-18-14-22(15-19-29)26(31)28-16-6-2-3-7-17-28/h4-5,8-13,22,27H,2-3,6-7,14-19H2,1H3. The minimum absolute atomic E-state index is 0.0119. The highest BCUT2D eigenvalue weighted by Gasteiger charge is 2.31. The van der Waals surface area contributed by atoms with Crippen molar-refractivity contribution < 1.29 is 18.0 Å². The molecule has 2 fully saturated rings. The molecule has 2 aliphatic heterocycles. The molecule has 2 amide bonds. The Morgan fingerprint density at radius 3 is 2.06 bits per heavy atom. The number of carbonyl (C=O) groups excluding carboxylic acids is 2. The predicted octanol–water partition coefficient (Wildman–Crippen LogP) is 4.05. The lowest BCUT2D eigenvalue weighted by atomic mass is 9.94. The van der Waals surface area contributed by atoms with Crippen LogP contribution in [0.2, 0.25) is 0 Å². The highest BCUT2D eigenvalue weighted by Crippen LogP contribution is 2.24. The van der Waals surface area contributed by atoms with Gasteiger partial charge in [-0.2, -0.15) is 0 Å². The van der Waals surface area contributed by atoms with E-state index in [2.05, 4.69) is 4.72 Å². The maximum Gasteiger partial charge on any atom is 0.261 e. The molecule has 0 spiro atoms. The van der Waals surface area contributed by atoms with Crippen LogP contribution in [0.1, 0.15) is 54.4 Å². The van der Waals surface area contributed by atoms with Crippen LogP contribution in [0.4, 0.5) is 5.69 Å². The van der Waals surface area contributed by atoms with Crippen molar-refractivity contribution in [1.82, 2.24) is 9.80 Å². The number of para-hydroxylation sites is 1. The van der Waals surface area contributed by atoms with E-state index in [9.17, 15) is 18.0 Å². The molecule has 4 rings (SSSR count). The third-order valence-electron chi connectivity index (χ3n) is 6.85. The van der Waals surface area contributed by atoms with Gasteiger partial charge in [-0.25, -0.2) is 8.42 Å². The summed E-state index contributed by atoms with van der Waals surface area (Å²) in [6.45, 7) is 4.62. The van der Waals surface area contributed by atoms with E-state index in [4.69, 9.17) is 0 Å². The number of nitrogens with zero attached hydrogens (tertiary/aromatic N) is 2. The molecule has 2 saturated heterocycles. The van der Waals surface area contributed by atoms with Gasteiger partial charge in [0.15, 0.2) is 0 Å². The molecule has 0 bridgehead atoms. The van der Waals surface area contributed by atoms with E-state index in [1.165, 1.54) is 25.0 Å². The number of amides is 2. The normalized spacial score (nSPS) is 17.8. The molecule has 0 saturated carbocycles. The van der Waals surface area contributed by atoms with Crippen LogP contribution in [0.15, 0.2) is 53.4 Å². The molecule has 182 valence electrons. The van der Waals surface area contributed by atoms with E-state index < -0.39 is 10.0 Å². The number of anilines is 1. The van der Waals surface area contributed by atoms with Crippen LogP contribution in [-0.4, -0.2) is 56.2 Å². The van der Waals surface area contributed by atoms with Crippen LogP contribution < -0.4 is 4.72 Å². The first kappa shape index (κ1) is 24.3. The lowest BCUT2D eigenvalue weighted by molar-refractivity contribution is -0.136. The lowest BCUT2D eigenvalue weighted by Crippen LogP contribution is -2.44. The fourth-order valence-electron chi connectivity index (χ4n) is 4.73. The van der Waals surface area contributed by atoms with Gasteiger partial charge in [0.05, 0.1) is 10.6 Å². The summed E-state index contributed by atoms with van der Waals surface area (Å²) in [5.41, 5.74) is 1.81. The smallest absolute Gasteiger partial charge is 0.261 e. The first-order chi connectivity index (χ1) is 16.3. The van der Waals surface area contributed by atoms with Gasteiger partial charge in [0.2, 0.25) is 5.91 Å². The van der Waals surface area contributed by atoms with E-state index in [0.29, 0.717) is 37.2 Å². The number of benzene rings is 2. The average molecular weight is 484 g/mol. The summed E-state index contributed by atoms with van der Waals surface area (Å²) in [4.78, 5) is 29.8. The summed E-state index contributed by atoms with van der Waals surface area (Å²) in [7, 11) is -3.75. The van der Waals surface area contributed by atoms with Crippen LogP contribution >= 0.6 is 0 Å².